The van der Waals surface area contributed by atoms with E-state index in [1.54, 1.807) is 0 Å². The fourth-order valence-electron chi connectivity index (χ4n) is 1.76. The van der Waals surface area contributed by atoms with Gasteiger partial charge in [0.1, 0.15) is 24.7 Å². The zero-order valence-corrected chi connectivity index (χ0v) is 16.2. The molecule has 0 saturated heterocycles. The van der Waals surface area contributed by atoms with Gasteiger partial charge in [-0.05, 0) is 12.8 Å². The maximum atomic E-state index is 12.0. The van der Waals surface area contributed by atoms with E-state index in [1.165, 1.54) is 0 Å². The van der Waals surface area contributed by atoms with Crippen LogP contribution in [-0.2, 0) is 33.5 Å². The number of nitrogens with two attached hydrogens (primary N) is 2. The highest BCUT2D eigenvalue weighted by Gasteiger charge is 2.22. The van der Waals surface area contributed by atoms with Gasteiger partial charge in [0.25, 0.3) is 0 Å². The lowest BCUT2D eigenvalue weighted by Gasteiger charge is -2.16. The summed E-state index contributed by atoms with van der Waals surface area (Å²) >= 11 is 3.91. The van der Waals surface area contributed by atoms with Crippen LogP contribution >= 0.6 is 12.6 Å². The summed E-state index contributed by atoms with van der Waals surface area (Å²) in [4.78, 5) is 67.8. The fourth-order valence-corrected chi connectivity index (χ4v) is 2.02. The Morgan fingerprint density at radius 3 is 1.90 bits per heavy atom. The standard InChI is InChI=1S/C15H24N4O9S/c16-7(14(24)25)1-3-10(20)19-9(6-29)13(23)18-5-12(22)28-11(21)4-2-8(17)15(26)27/h7-9,29H,1-6,16-17H2,(H,18,23)(H,19,20)(H,24,25)(H,26,27)/t7?,8-,9?/m0/s1. The zero-order chi connectivity index (χ0) is 22.6. The SMILES string of the molecule is NC(CCC(=O)NC(CS)C(=O)NCC(=O)OC(=O)CC[C@H](N)C(=O)O)C(=O)O. The van der Waals surface area contributed by atoms with Gasteiger partial charge in [0.05, 0.1) is 0 Å². The van der Waals surface area contributed by atoms with Crippen LogP contribution < -0.4 is 22.1 Å². The van der Waals surface area contributed by atoms with Crippen LogP contribution in [0.3, 0.4) is 0 Å². The molecular weight excluding hydrogens is 412 g/mol. The minimum atomic E-state index is -1.30. The molecule has 2 unspecified atom stereocenters. The van der Waals surface area contributed by atoms with Gasteiger partial charge in [0.2, 0.25) is 11.8 Å². The Balaban J connectivity index is 4.31. The van der Waals surface area contributed by atoms with E-state index in [-0.39, 0.29) is 25.0 Å². The number of esters is 2. The second-order valence-electron chi connectivity index (χ2n) is 5.83. The first-order valence-electron chi connectivity index (χ1n) is 8.36. The van der Waals surface area contributed by atoms with E-state index in [0.717, 1.165) is 0 Å². The van der Waals surface area contributed by atoms with Crippen molar-refractivity contribution in [3.63, 3.8) is 0 Å². The molecule has 13 nitrogen and oxygen atoms in total. The van der Waals surface area contributed by atoms with Crippen molar-refractivity contribution in [2.45, 2.75) is 43.8 Å². The largest absolute Gasteiger partial charge is 0.480 e. The molecule has 14 heteroatoms. The van der Waals surface area contributed by atoms with Gasteiger partial charge < -0.3 is 37.1 Å². The summed E-state index contributed by atoms with van der Waals surface area (Å²) in [5.41, 5.74) is 10.5. The van der Waals surface area contributed by atoms with Crippen molar-refractivity contribution < 1.29 is 43.7 Å². The van der Waals surface area contributed by atoms with E-state index in [2.05, 4.69) is 28.0 Å². The zero-order valence-electron chi connectivity index (χ0n) is 15.3. The molecule has 0 spiro atoms. The highest BCUT2D eigenvalue weighted by Crippen LogP contribution is 1.99. The van der Waals surface area contributed by atoms with E-state index < -0.39 is 66.8 Å². The average molecular weight is 436 g/mol. The van der Waals surface area contributed by atoms with Crippen LogP contribution in [0.1, 0.15) is 25.7 Å². The molecule has 0 saturated carbocycles. The van der Waals surface area contributed by atoms with Crippen molar-refractivity contribution in [3.8, 4) is 0 Å². The number of carbonyl (C=O) groups excluding carboxylic acids is 4. The van der Waals surface area contributed by atoms with Gasteiger partial charge in [-0.15, -0.1) is 0 Å². The quantitative estimate of drug-likeness (QED) is 0.0872. The third kappa shape index (κ3) is 11.7. The number of nitrogens with one attached hydrogen (secondary N) is 2. The van der Waals surface area contributed by atoms with E-state index in [1.807, 2.05) is 0 Å². The van der Waals surface area contributed by atoms with Crippen LogP contribution in [0.4, 0.5) is 0 Å². The maximum Gasteiger partial charge on any atom is 0.333 e. The summed E-state index contributed by atoms with van der Waals surface area (Å²) in [6.45, 7) is -0.681. The molecule has 0 aliphatic rings. The first kappa shape index (κ1) is 26.3. The van der Waals surface area contributed by atoms with E-state index in [0.29, 0.717) is 0 Å². The van der Waals surface area contributed by atoms with Gasteiger partial charge in [-0.25, -0.2) is 4.79 Å². The number of hydrogen-bond donors (Lipinski definition) is 7. The number of aliphatic carboxylic acids is 2. The third-order valence-electron chi connectivity index (χ3n) is 3.45. The summed E-state index contributed by atoms with van der Waals surface area (Å²) in [6.07, 6.45) is -1.00. The van der Waals surface area contributed by atoms with E-state index in [9.17, 15) is 28.8 Å². The van der Waals surface area contributed by atoms with Crippen LogP contribution in [0.2, 0.25) is 0 Å². The predicted octanol–water partition coefficient (Wildman–Crippen LogP) is -3.03. The third-order valence-corrected chi connectivity index (χ3v) is 3.81. The number of hydrogen-bond acceptors (Lipinski definition) is 10. The van der Waals surface area contributed by atoms with E-state index >= 15 is 0 Å². The smallest absolute Gasteiger partial charge is 0.333 e. The maximum absolute atomic E-state index is 12.0. The summed E-state index contributed by atoms with van der Waals surface area (Å²) < 4.78 is 4.40. The molecule has 164 valence electrons. The number of amides is 2. The number of ether oxygens (including phenoxy) is 1. The molecule has 0 rings (SSSR count). The lowest BCUT2D eigenvalue weighted by molar-refractivity contribution is -0.159. The predicted molar refractivity (Wildman–Crippen MR) is 99.6 cm³/mol. The number of carboxylic acids is 2. The Morgan fingerprint density at radius 1 is 0.897 bits per heavy atom. The summed E-state index contributed by atoms with van der Waals surface area (Å²) in [6, 6.07) is -3.62. The first-order chi connectivity index (χ1) is 13.5. The molecule has 0 radical (unpaired) electrons. The first-order valence-corrected chi connectivity index (χ1v) is 8.99. The molecule has 0 aromatic heterocycles. The highest BCUT2D eigenvalue weighted by molar-refractivity contribution is 7.80. The molecular formula is C15H24N4O9S. The normalized spacial score (nSPS) is 13.5. The van der Waals surface area contributed by atoms with Gasteiger partial charge in [0.15, 0.2) is 0 Å². The molecule has 0 fully saturated rings. The molecule has 0 aliphatic heterocycles. The summed E-state index contributed by atoms with van der Waals surface area (Å²) in [5.74, 6) is -6.21. The van der Waals surface area contributed by atoms with Crippen LogP contribution in [0.15, 0.2) is 0 Å². The van der Waals surface area contributed by atoms with Gasteiger partial charge in [-0.3, -0.25) is 24.0 Å². The number of rotatable bonds is 13. The number of carboxylic acid groups (broad SMARTS) is 2. The Labute approximate surface area is 170 Å². The van der Waals surface area contributed by atoms with Crippen molar-refractivity contribution in [1.82, 2.24) is 10.6 Å². The molecule has 29 heavy (non-hydrogen) atoms. The highest BCUT2D eigenvalue weighted by atomic mass is 32.1. The molecule has 2 amide bonds. The monoisotopic (exact) mass is 436 g/mol. The van der Waals surface area contributed by atoms with Crippen LogP contribution in [0.5, 0.6) is 0 Å². The second-order valence-corrected chi connectivity index (χ2v) is 6.20. The van der Waals surface area contributed by atoms with Gasteiger partial charge in [0, 0.05) is 18.6 Å². The minimum Gasteiger partial charge on any atom is -0.480 e. The van der Waals surface area contributed by atoms with Crippen LogP contribution in [-0.4, -0.2) is 76.3 Å². The number of carbonyl (C=O) groups is 6. The second kappa shape index (κ2) is 13.5. The van der Waals surface area contributed by atoms with Crippen molar-refractivity contribution in [1.29, 1.82) is 0 Å². The summed E-state index contributed by atoms with van der Waals surface area (Å²) in [7, 11) is 0. The van der Waals surface area contributed by atoms with Crippen molar-refractivity contribution in [2.24, 2.45) is 11.5 Å². The molecule has 8 N–H and O–H groups in total. The lowest BCUT2D eigenvalue weighted by Crippen LogP contribution is -2.49. The number of thiol groups is 1. The van der Waals surface area contributed by atoms with Crippen LogP contribution in [0, 0.1) is 0 Å². The van der Waals surface area contributed by atoms with Crippen molar-refractivity contribution >= 4 is 48.3 Å². The average Bonchev–Trinajstić information content (AvgIpc) is 2.65. The topological polar surface area (TPSA) is 228 Å². The molecule has 0 heterocycles. The van der Waals surface area contributed by atoms with E-state index in [4.69, 9.17) is 21.7 Å². The molecule has 3 atom stereocenters. The Bertz CT molecular complexity index is 643. The minimum absolute atomic E-state index is 0.121. The molecule has 0 aliphatic carbocycles. The fraction of sp³-hybridized carbons (Fsp3) is 0.600. The van der Waals surface area contributed by atoms with Gasteiger partial charge in [-0.1, -0.05) is 0 Å². The van der Waals surface area contributed by atoms with Gasteiger partial charge >= 0.3 is 23.9 Å². The van der Waals surface area contributed by atoms with Crippen LogP contribution in [0.25, 0.3) is 0 Å². The van der Waals surface area contributed by atoms with Crippen molar-refractivity contribution in [3.05, 3.63) is 0 Å². The Kier molecular flexibility index (Phi) is 12.2. The Hall–Kier alpha value is -2.71. The summed E-state index contributed by atoms with van der Waals surface area (Å²) in [5, 5.41) is 21.7. The lowest BCUT2D eigenvalue weighted by atomic mass is 10.1. The molecule has 0 aromatic carbocycles. The molecule has 0 aromatic rings. The molecule has 0 bridgehead atoms. The van der Waals surface area contributed by atoms with Gasteiger partial charge in [-0.2, -0.15) is 12.6 Å². The van der Waals surface area contributed by atoms with Crippen molar-refractivity contribution in [2.75, 3.05) is 12.3 Å². The Morgan fingerprint density at radius 2 is 1.41 bits per heavy atom.